The number of fused-ring (bicyclic) bond motifs is 1. The van der Waals surface area contributed by atoms with Crippen LogP contribution in [0.5, 0.6) is 0 Å². The molecule has 25 heavy (non-hydrogen) atoms. The molecule has 0 amide bonds. The molecule has 4 heteroatoms. The van der Waals surface area contributed by atoms with Crippen molar-refractivity contribution in [2.45, 2.75) is 39.5 Å². The zero-order chi connectivity index (χ0) is 18.0. The first-order valence-corrected chi connectivity index (χ1v) is 8.76. The minimum Gasteiger partial charge on any atom is -0.507 e. The highest BCUT2D eigenvalue weighted by molar-refractivity contribution is 5.93. The molecule has 3 aliphatic rings. The van der Waals surface area contributed by atoms with Gasteiger partial charge in [-0.1, -0.05) is 43.4 Å². The molecule has 1 N–H and O–H groups in total. The van der Waals surface area contributed by atoms with Gasteiger partial charge in [0.1, 0.15) is 18.1 Å². The van der Waals surface area contributed by atoms with E-state index in [1.807, 2.05) is 43.4 Å². The largest absolute Gasteiger partial charge is 0.507 e. The van der Waals surface area contributed by atoms with Crippen LogP contribution in [0.2, 0.25) is 0 Å². The van der Waals surface area contributed by atoms with Gasteiger partial charge in [-0.25, -0.2) is 4.79 Å². The number of hydrogen-bond donors (Lipinski definition) is 1. The number of cyclic esters (lactones) is 1. The summed E-state index contributed by atoms with van der Waals surface area (Å²) in [6.45, 7) is 3.71. The lowest BCUT2D eigenvalue weighted by Gasteiger charge is -2.30. The zero-order valence-electron chi connectivity index (χ0n) is 14.7. The average Bonchev–Trinajstić information content (AvgIpc) is 2.69. The van der Waals surface area contributed by atoms with E-state index in [0.29, 0.717) is 12.0 Å². The molecule has 0 aromatic rings. The summed E-state index contributed by atoms with van der Waals surface area (Å²) in [7, 11) is 0. The normalized spacial score (nSPS) is 27.0. The molecule has 0 fully saturated rings. The average molecular weight is 340 g/mol. The van der Waals surface area contributed by atoms with Crippen LogP contribution in [0.4, 0.5) is 0 Å². The van der Waals surface area contributed by atoms with Gasteiger partial charge >= 0.3 is 5.97 Å². The third-order valence-corrected chi connectivity index (χ3v) is 5.14. The molecular weight excluding hydrogens is 316 g/mol. The second-order valence-corrected chi connectivity index (χ2v) is 7.25. The first-order valence-electron chi connectivity index (χ1n) is 8.76. The Morgan fingerprint density at radius 2 is 2.16 bits per heavy atom. The molecule has 0 radical (unpaired) electrons. The molecule has 0 aromatic carbocycles. The maximum atomic E-state index is 12.7. The van der Waals surface area contributed by atoms with Crippen molar-refractivity contribution in [2.75, 3.05) is 6.61 Å². The summed E-state index contributed by atoms with van der Waals surface area (Å²) >= 11 is 0. The minimum absolute atomic E-state index is 0.0255. The maximum Gasteiger partial charge on any atom is 0.338 e. The number of ketones is 1. The predicted molar refractivity (Wildman–Crippen MR) is 95.8 cm³/mol. The molecule has 1 heterocycles. The molecule has 0 saturated heterocycles. The van der Waals surface area contributed by atoms with Gasteiger partial charge < -0.3 is 9.84 Å². The summed E-state index contributed by atoms with van der Waals surface area (Å²) in [5, 5.41) is 11.0. The molecule has 1 aliphatic heterocycles. The Morgan fingerprint density at radius 1 is 1.36 bits per heavy atom. The fraction of sp³-hybridized carbons (Fsp3) is 0.429. The number of carbonyl (C=O) groups excluding carboxylic acids is 2. The highest BCUT2D eigenvalue weighted by Gasteiger charge is 2.41. The Bertz CT molecular complexity index is 748. The second-order valence-electron chi connectivity index (χ2n) is 7.25. The van der Waals surface area contributed by atoms with Gasteiger partial charge in [-0.15, -0.1) is 0 Å². The number of hydrogen-bond acceptors (Lipinski definition) is 4. The minimum atomic E-state index is -0.528. The van der Waals surface area contributed by atoms with Crippen LogP contribution < -0.4 is 0 Å². The van der Waals surface area contributed by atoms with Gasteiger partial charge in [-0.05, 0) is 31.8 Å². The van der Waals surface area contributed by atoms with Gasteiger partial charge in [0.2, 0.25) is 0 Å². The first-order chi connectivity index (χ1) is 11.9. The van der Waals surface area contributed by atoms with Crippen LogP contribution in [0.3, 0.4) is 0 Å². The Hall–Kier alpha value is -2.36. The third kappa shape index (κ3) is 3.39. The van der Waals surface area contributed by atoms with Crippen molar-refractivity contribution in [1.29, 1.82) is 0 Å². The molecule has 0 aromatic heterocycles. The number of ether oxygens (including phenoxy) is 1. The molecule has 0 unspecified atom stereocenters. The van der Waals surface area contributed by atoms with E-state index in [2.05, 4.69) is 0 Å². The number of aliphatic hydroxyl groups is 1. The predicted octanol–water partition coefficient (Wildman–Crippen LogP) is 4.12. The van der Waals surface area contributed by atoms with Crippen molar-refractivity contribution < 1.29 is 19.4 Å². The lowest BCUT2D eigenvalue weighted by molar-refractivity contribution is -0.141. The van der Waals surface area contributed by atoms with Crippen LogP contribution in [-0.4, -0.2) is 23.5 Å². The quantitative estimate of drug-likeness (QED) is 0.782. The van der Waals surface area contributed by atoms with Crippen LogP contribution in [0.25, 0.3) is 0 Å². The SMILES string of the molecule is CC(=O)C[C@@H](C1=CCCC=C1)C1=C(O)C2=CC=CC[C@]2(C)COC1=O. The molecule has 2 atom stereocenters. The standard InChI is InChI=1S/C21H24O4/c1-14(22)12-16(15-8-4-3-5-9-15)18-19(23)17-10-6-7-11-21(17,2)13-25-20(18)24/h4,6-10,16,23H,3,5,11-13H2,1-2H3/t16-,21+/m0/s1. The lowest BCUT2D eigenvalue weighted by Crippen LogP contribution is -2.26. The van der Waals surface area contributed by atoms with E-state index in [0.717, 1.165) is 18.4 Å². The summed E-state index contributed by atoms with van der Waals surface area (Å²) in [4.78, 5) is 24.6. The molecule has 2 aliphatic carbocycles. The van der Waals surface area contributed by atoms with E-state index in [4.69, 9.17) is 4.74 Å². The fourth-order valence-corrected chi connectivity index (χ4v) is 3.72. The van der Waals surface area contributed by atoms with Crippen molar-refractivity contribution in [3.63, 3.8) is 0 Å². The maximum absolute atomic E-state index is 12.7. The number of carbonyl (C=O) groups is 2. The summed E-state index contributed by atoms with van der Waals surface area (Å²) < 4.78 is 5.52. The van der Waals surface area contributed by atoms with Gasteiger partial charge in [0.05, 0.1) is 5.57 Å². The van der Waals surface area contributed by atoms with Crippen LogP contribution in [0.1, 0.15) is 39.5 Å². The zero-order valence-corrected chi connectivity index (χ0v) is 14.7. The summed E-state index contributed by atoms with van der Waals surface area (Å²) in [6.07, 6.45) is 14.5. The fourth-order valence-electron chi connectivity index (χ4n) is 3.72. The van der Waals surface area contributed by atoms with Crippen molar-refractivity contribution in [3.8, 4) is 0 Å². The topological polar surface area (TPSA) is 63.6 Å². The van der Waals surface area contributed by atoms with Gasteiger partial charge in [-0.3, -0.25) is 4.79 Å². The number of Topliss-reactive ketones (excluding diaryl/α,β-unsaturated/α-hetero) is 1. The molecule has 4 nitrogen and oxygen atoms in total. The third-order valence-electron chi connectivity index (χ3n) is 5.14. The van der Waals surface area contributed by atoms with Gasteiger partial charge in [0.15, 0.2) is 0 Å². The van der Waals surface area contributed by atoms with Crippen molar-refractivity contribution in [3.05, 3.63) is 58.9 Å². The van der Waals surface area contributed by atoms with Crippen molar-refractivity contribution >= 4 is 11.8 Å². The smallest absolute Gasteiger partial charge is 0.338 e. The Labute approximate surface area is 148 Å². The van der Waals surface area contributed by atoms with Crippen molar-refractivity contribution in [2.24, 2.45) is 11.3 Å². The van der Waals surface area contributed by atoms with E-state index in [-0.39, 0.29) is 30.1 Å². The number of esters is 1. The number of rotatable bonds is 4. The van der Waals surface area contributed by atoms with Crippen LogP contribution in [0.15, 0.2) is 58.9 Å². The van der Waals surface area contributed by atoms with Crippen molar-refractivity contribution in [1.82, 2.24) is 0 Å². The van der Waals surface area contributed by atoms with Gasteiger partial charge in [0.25, 0.3) is 0 Å². The first kappa shape index (κ1) is 17.5. The number of aliphatic hydroxyl groups excluding tert-OH is 1. The van der Waals surface area contributed by atoms with Gasteiger partial charge in [0, 0.05) is 23.3 Å². The summed E-state index contributed by atoms with van der Waals surface area (Å²) in [6, 6.07) is 0. The molecule has 0 bridgehead atoms. The molecule has 132 valence electrons. The van der Waals surface area contributed by atoms with Crippen LogP contribution in [-0.2, 0) is 14.3 Å². The van der Waals surface area contributed by atoms with Gasteiger partial charge in [-0.2, -0.15) is 0 Å². The van der Waals surface area contributed by atoms with E-state index in [9.17, 15) is 14.7 Å². The monoisotopic (exact) mass is 340 g/mol. The lowest BCUT2D eigenvalue weighted by atomic mass is 9.74. The van der Waals surface area contributed by atoms with E-state index in [1.165, 1.54) is 6.92 Å². The summed E-state index contributed by atoms with van der Waals surface area (Å²) in [5.41, 5.74) is 1.38. The van der Waals surface area contributed by atoms with E-state index >= 15 is 0 Å². The molecule has 0 saturated carbocycles. The highest BCUT2D eigenvalue weighted by Crippen LogP contribution is 2.44. The number of allylic oxidation sites excluding steroid dienone is 8. The Morgan fingerprint density at radius 3 is 2.84 bits per heavy atom. The summed E-state index contributed by atoms with van der Waals surface area (Å²) in [5.74, 6) is -1.06. The Balaban J connectivity index is 2.13. The van der Waals surface area contributed by atoms with Crippen LogP contribution >= 0.6 is 0 Å². The highest BCUT2D eigenvalue weighted by atomic mass is 16.5. The second kappa shape index (κ2) is 6.87. The van der Waals surface area contributed by atoms with Crippen LogP contribution in [0, 0.1) is 11.3 Å². The molecule has 3 rings (SSSR count). The Kier molecular flexibility index (Phi) is 4.80. The van der Waals surface area contributed by atoms with E-state index in [1.54, 1.807) is 0 Å². The molecule has 0 spiro atoms. The van der Waals surface area contributed by atoms with E-state index < -0.39 is 17.3 Å². The molecular formula is C21H24O4.